The number of rotatable bonds is 4. The van der Waals surface area contributed by atoms with Gasteiger partial charge in [0.1, 0.15) is 5.82 Å². The second-order valence-corrected chi connectivity index (χ2v) is 5.52. The normalized spacial score (nSPS) is 22.3. The zero-order valence-electron chi connectivity index (χ0n) is 10.6. The van der Waals surface area contributed by atoms with E-state index in [4.69, 9.17) is 11.6 Å². The van der Waals surface area contributed by atoms with Crippen LogP contribution in [-0.2, 0) is 6.54 Å². The highest BCUT2D eigenvalue weighted by Gasteiger charge is 2.26. The van der Waals surface area contributed by atoms with Crippen molar-refractivity contribution in [2.75, 3.05) is 6.54 Å². The molecule has 18 heavy (non-hydrogen) atoms. The van der Waals surface area contributed by atoms with Gasteiger partial charge in [0.25, 0.3) is 0 Å². The van der Waals surface area contributed by atoms with Crippen LogP contribution in [0, 0.1) is 5.82 Å². The summed E-state index contributed by atoms with van der Waals surface area (Å²) in [6.07, 6.45) is 2.66. The van der Waals surface area contributed by atoms with Crippen molar-refractivity contribution in [3.8, 4) is 0 Å². The Bertz CT molecular complexity index is 411. The molecule has 1 aliphatic heterocycles. The number of halogens is 2. The van der Waals surface area contributed by atoms with Crippen LogP contribution in [0.3, 0.4) is 0 Å². The molecule has 1 aromatic rings. The lowest BCUT2D eigenvalue weighted by atomic mass is 10.1. The molecule has 1 heterocycles. The molecule has 0 bridgehead atoms. The average Bonchev–Trinajstić information content (AvgIpc) is 2.69. The predicted octanol–water partition coefficient (Wildman–Crippen LogP) is 3.21. The maximum atomic E-state index is 13.7. The lowest BCUT2D eigenvalue weighted by molar-refractivity contribution is 0.130. The van der Waals surface area contributed by atoms with Crippen molar-refractivity contribution >= 4 is 11.6 Å². The number of aliphatic hydroxyl groups excluding tert-OH is 1. The number of hydrogen-bond acceptors (Lipinski definition) is 2. The molecule has 2 nitrogen and oxygen atoms in total. The van der Waals surface area contributed by atoms with Crippen LogP contribution >= 0.6 is 11.6 Å². The Kier molecular flexibility index (Phi) is 4.60. The first-order valence-corrected chi connectivity index (χ1v) is 6.80. The fourth-order valence-corrected chi connectivity index (χ4v) is 2.79. The van der Waals surface area contributed by atoms with Crippen molar-refractivity contribution in [3.63, 3.8) is 0 Å². The van der Waals surface area contributed by atoms with Gasteiger partial charge in [-0.3, -0.25) is 4.90 Å². The zero-order valence-corrected chi connectivity index (χ0v) is 11.3. The quantitative estimate of drug-likeness (QED) is 0.909. The van der Waals surface area contributed by atoms with E-state index >= 15 is 0 Å². The standard InChI is InChI=1S/C14H19ClFNO/c1-10(18)7-13-3-2-6-17(13)9-11-4-5-12(15)8-14(11)16/h4-5,8,10,13,18H,2-3,6-7,9H2,1H3. The molecule has 100 valence electrons. The molecule has 1 N–H and O–H groups in total. The fourth-order valence-electron chi connectivity index (χ4n) is 2.63. The molecule has 2 rings (SSSR count). The van der Waals surface area contributed by atoms with Gasteiger partial charge in [0.2, 0.25) is 0 Å². The van der Waals surface area contributed by atoms with Crippen LogP contribution in [0.5, 0.6) is 0 Å². The molecule has 2 unspecified atom stereocenters. The Labute approximate surface area is 112 Å². The first kappa shape index (κ1) is 13.8. The molecule has 4 heteroatoms. The van der Waals surface area contributed by atoms with Crippen LogP contribution in [0.2, 0.25) is 5.02 Å². The lowest BCUT2D eigenvalue weighted by Gasteiger charge is -2.25. The number of hydrogen-bond donors (Lipinski definition) is 1. The highest BCUT2D eigenvalue weighted by molar-refractivity contribution is 6.30. The molecular formula is C14H19ClFNO. The van der Waals surface area contributed by atoms with Crippen molar-refractivity contribution in [3.05, 3.63) is 34.6 Å². The van der Waals surface area contributed by atoms with Gasteiger partial charge in [-0.05, 0) is 44.9 Å². The minimum Gasteiger partial charge on any atom is -0.393 e. The molecule has 0 aromatic heterocycles. The van der Waals surface area contributed by atoms with E-state index in [-0.39, 0.29) is 11.9 Å². The summed E-state index contributed by atoms with van der Waals surface area (Å²) in [6, 6.07) is 5.19. The van der Waals surface area contributed by atoms with E-state index in [9.17, 15) is 9.50 Å². The predicted molar refractivity (Wildman–Crippen MR) is 71.1 cm³/mol. The molecule has 1 aromatic carbocycles. The number of benzene rings is 1. The van der Waals surface area contributed by atoms with E-state index in [1.165, 1.54) is 6.07 Å². The number of aliphatic hydroxyl groups is 1. The second-order valence-electron chi connectivity index (χ2n) is 5.09. The summed E-state index contributed by atoms with van der Waals surface area (Å²) in [5.41, 5.74) is 0.678. The van der Waals surface area contributed by atoms with Gasteiger partial charge >= 0.3 is 0 Å². The van der Waals surface area contributed by atoms with Gasteiger partial charge in [-0.1, -0.05) is 17.7 Å². The van der Waals surface area contributed by atoms with Crippen LogP contribution in [-0.4, -0.2) is 28.7 Å². The lowest BCUT2D eigenvalue weighted by Crippen LogP contribution is -2.31. The zero-order chi connectivity index (χ0) is 13.1. The fraction of sp³-hybridized carbons (Fsp3) is 0.571. The van der Waals surface area contributed by atoms with E-state index in [2.05, 4.69) is 4.90 Å². The second kappa shape index (κ2) is 6.00. The van der Waals surface area contributed by atoms with Crippen LogP contribution in [0.1, 0.15) is 31.7 Å². The van der Waals surface area contributed by atoms with Gasteiger partial charge in [-0.2, -0.15) is 0 Å². The van der Waals surface area contributed by atoms with E-state index in [1.54, 1.807) is 19.1 Å². The smallest absolute Gasteiger partial charge is 0.129 e. The van der Waals surface area contributed by atoms with E-state index in [0.29, 0.717) is 23.2 Å². The molecule has 1 aliphatic rings. The van der Waals surface area contributed by atoms with Crippen LogP contribution in [0.15, 0.2) is 18.2 Å². The van der Waals surface area contributed by atoms with Crippen LogP contribution in [0.4, 0.5) is 4.39 Å². The minimum atomic E-state index is -0.300. The van der Waals surface area contributed by atoms with Gasteiger partial charge in [0.05, 0.1) is 6.10 Å². The molecule has 0 saturated carbocycles. The third-order valence-corrected chi connectivity index (χ3v) is 3.74. The highest BCUT2D eigenvalue weighted by Crippen LogP contribution is 2.25. The van der Waals surface area contributed by atoms with Crippen LogP contribution < -0.4 is 0 Å². The summed E-state index contributed by atoms with van der Waals surface area (Å²) in [5.74, 6) is -0.245. The first-order valence-electron chi connectivity index (χ1n) is 6.42. The van der Waals surface area contributed by atoms with Gasteiger partial charge in [-0.25, -0.2) is 4.39 Å². The maximum absolute atomic E-state index is 13.7. The van der Waals surface area contributed by atoms with Crippen molar-refractivity contribution in [1.29, 1.82) is 0 Å². The Morgan fingerprint density at radius 2 is 2.33 bits per heavy atom. The minimum absolute atomic E-state index is 0.245. The highest BCUT2D eigenvalue weighted by atomic mass is 35.5. The molecule has 2 atom stereocenters. The van der Waals surface area contributed by atoms with Gasteiger partial charge in [0.15, 0.2) is 0 Å². The molecule has 0 spiro atoms. The number of likely N-dealkylation sites (tertiary alicyclic amines) is 1. The molecule has 0 radical (unpaired) electrons. The van der Waals surface area contributed by atoms with Gasteiger partial charge in [-0.15, -0.1) is 0 Å². The molecule has 1 saturated heterocycles. The molecule has 0 aliphatic carbocycles. The molecular weight excluding hydrogens is 253 g/mol. The summed E-state index contributed by atoms with van der Waals surface area (Å²) >= 11 is 5.74. The summed E-state index contributed by atoms with van der Waals surface area (Å²) in [7, 11) is 0. The summed E-state index contributed by atoms with van der Waals surface area (Å²) < 4.78 is 13.7. The molecule has 0 amide bonds. The Morgan fingerprint density at radius 3 is 3.00 bits per heavy atom. The largest absolute Gasteiger partial charge is 0.393 e. The van der Waals surface area contributed by atoms with Crippen LogP contribution in [0.25, 0.3) is 0 Å². The molecule has 1 fully saturated rings. The third kappa shape index (κ3) is 3.44. The Hall–Kier alpha value is -0.640. The summed E-state index contributed by atoms with van der Waals surface area (Å²) in [4.78, 5) is 2.25. The van der Waals surface area contributed by atoms with Crippen molar-refractivity contribution in [2.24, 2.45) is 0 Å². The topological polar surface area (TPSA) is 23.5 Å². The summed E-state index contributed by atoms with van der Waals surface area (Å²) in [6.45, 7) is 3.37. The SMILES string of the molecule is CC(O)CC1CCCN1Cc1ccc(Cl)cc1F. The first-order chi connectivity index (χ1) is 8.56. The Balaban J connectivity index is 2.03. The maximum Gasteiger partial charge on any atom is 0.129 e. The van der Waals surface area contributed by atoms with Crippen molar-refractivity contribution < 1.29 is 9.50 Å². The average molecular weight is 272 g/mol. The number of nitrogens with zero attached hydrogens (tertiary/aromatic N) is 1. The Morgan fingerprint density at radius 1 is 1.56 bits per heavy atom. The summed E-state index contributed by atoms with van der Waals surface area (Å²) in [5, 5.41) is 9.90. The van der Waals surface area contributed by atoms with E-state index < -0.39 is 0 Å². The van der Waals surface area contributed by atoms with E-state index in [0.717, 1.165) is 25.8 Å². The van der Waals surface area contributed by atoms with Gasteiger partial charge < -0.3 is 5.11 Å². The van der Waals surface area contributed by atoms with Gasteiger partial charge in [0, 0.05) is 23.2 Å². The van der Waals surface area contributed by atoms with E-state index in [1.807, 2.05) is 0 Å². The van der Waals surface area contributed by atoms with Crippen molar-refractivity contribution in [2.45, 2.75) is 44.9 Å². The third-order valence-electron chi connectivity index (χ3n) is 3.50. The van der Waals surface area contributed by atoms with Crippen molar-refractivity contribution in [1.82, 2.24) is 4.90 Å². The monoisotopic (exact) mass is 271 g/mol.